The molecule has 18 heteroatoms. The number of anilines is 2. The molecule has 274 valence electrons. The molecule has 2 heterocycles. The van der Waals surface area contributed by atoms with Crippen molar-refractivity contribution in [2.75, 3.05) is 17.2 Å². The maximum absolute atomic E-state index is 14.3. The molecular weight excluding hydrogens is 672 g/mol. The SMILES string of the molecule is CCC1(F)CC(c2nn(C)c(NC(=O)OCC(F)(F)F)c2C2CCC2)C1.Cc1c(C2CC(F)(F)C2)nn(C)c1NC(=O)OC1CC(F)(F)C1. The van der Waals surface area contributed by atoms with Crippen LogP contribution in [0.15, 0.2) is 0 Å². The van der Waals surface area contributed by atoms with Gasteiger partial charge in [-0.05, 0) is 44.9 Å². The van der Waals surface area contributed by atoms with E-state index in [2.05, 4.69) is 25.6 Å². The van der Waals surface area contributed by atoms with E-state index < -0.39 is 61.4 Å². The molecule has 4 aliphatic carbocycles. The van der Waals surface area contributed by atoms with Crippen LogP contribution >= 0.6 is 0 Å². The summed E-state index contributed by atoms with van der Waals surface area (Å²) in [5.74, 6) is -4.92. The fourth-order valence-electron chi connectivity index (χ4n) is 6.73. The highest BCUT2D eigenvalue weighted by atomic mass is 19.4. The number of halogens is 8. The molecule has 0 radical (unpaired) electrons. The number of carbonyl (C=O) groups is 2. The number of alkyl halides is 8. The second-order valence-corrected chi connectivity index (χ2v) is 13.7. The minimum atomic E-state index is -4.58. The van der Waals surface area contributed by atoms with Gasteiger partial charge in [-0.25, -0.2) is 31.5 Å². The number of amides is 2. The molecule has 49 heavy (non-hydrogen) atoms. The molecule has 2 aromatic heterocycles. The summed E-state index contributed by atoms with van der Waals surface area (Å²) in [6.45, 7) is 1.84. The van der Waals surface area contributed by atoms with Crippen molar-refractivity contribution in [3.8, 4) is 0 Å². The van der Waals surface area contributed by atoms with Gasteiger partial charge < -0.3 is 9.47 Å². The van der Waals surface area contributed by atoms with Crippen LogP contribution in [0.3, 0.4) is 0 Å². The average Bonchev–Trinajstić information content (AvgIpc) is 3.37. The monoisotopic (exact) mass is 712 g/mol. The second-order valence-electron chi connectivity index (χ2n) is 13.7. The van der Waals surface area contributed by atoms with Crippen LogP contribution in [0.2, 0.25) is 0 Å². The molecule has 2 amide bonds. The van der Waals surface area contributed by atoms with E-state index in [0.29, 0.717) is 42.2 Å². The first-order valence-corrected chi connectivity index (χ1v) is 16.2. The van der Waals surface area contributed by atoms with Crippen molar-refractivity contribution in [1.29, 1.82) is 0 Å². The Morgan fingerprint density at radius 2 is 1.35 bits per heavy atom. The van der Waals surface area contributed by atoms with Crippen LogP contribution in [0.4, 0.5) is 56.3 Å². The fourth-order valence-corrected chi connectivity index (χ4v) is 6.73. The zero-order valence-electron chi connectivity index (χ0n) is 27.5. The van der Waals surface area contributed by atoms with Gasteiger partial charge in [0.2, 0.25) is 5.92 Å². The first-order chi connectivity index (χ1) is 22.7. The van der Waals surface area contributed by atoms with Gasteiger partial charge in [-0.15, -0.1) is 0 Å². The highest BCUT2D eigenvalue weighted by Crippen LogP contribution is 2.53. The van der Waals surface area contributed by atoms with Crippen LogP contribution in [-0.4, -0.2) is 68.1 Å². The molecule has 2 aromatic rings. The Kier molecular flexibility index (Phi) is 9.93. The topological polar surface area (TPSA) is 112 Å². The minimum absolute atomic E-state index is 0.0245. The molecule has 0 bridgehead atoms. The summed E-state index contributed by atoms with van der Waals surface area (Å²) in [6.07, 6.45) is -4.76. The summed E-state index contributed by atoms with van der Waals surface area (Å²) in [7, 11) is 3.19. The van der Waals surface area contributed by atoms with Crippen molar-refractivity contribution in [3.05, 3.63) is 22.5 Å². The zero-order valence-corrected chi connectivity index (χ0v) is 27.5. The molecule has 6 rings (SSSR count). The van der Waals surface area contributed by atoms with Crippen LogP contribution in [-0.2, 0) is 23.6 Å². The number of nitrogens with one attached hydrogen (secondary N) is 2. The predicted molar refractivity (Wildman–Crippen MR) is 160 cm³/mol. The third-order valence-electron chi connectivity index (χ3n) is 9.80. The molecule has 10 nitrogen and oxygen atoms in total. The highest BCUT2D eigenvalue weighted by molar-refractivity contribution is 5.85. The van der Waals surface area contributed by atoms with Gasteiger partial charge in [0.1, 0.15) is 23.4 Å². The number of nitrogens with zero attached hydrogens (tertiary/aromatic N) is 4. The maximum Gasteiger partial charge on any atom is 0.422 e. The van der Waals surface area contributed by atoms with E-state index in [-0.39, 0.29) is 30.6 Å². The van der Waals surface area contributed by atoms with Gasteiger partial charge in [-0.1, -0.05) is 13.3 Å². The van der Waals surface area contributed by atoms with Crippen molar-refractivity contribution >= 4 is 23.8 Å². The normalized spacial score (nSPS) is 24.7. The maximum atomic E-state index is 14.3. The molecule has 0 spiro atoms. The van der Waals surface area contributed by atoms with E-state index in [4.69, 9.17) is 4.74 Å². The van der Waals surface area contributed by atoms with Crippen molar-refractivity contribution in [1.82, 2.24) is 19.6 Å². The molecule has 4 saturated carbocycles. The quantitative estimate of drug-likeness (QED) is 0.266. The lowest BCUT2D eigenvalue weighted by Gasteiger charge is -2.41. The Labute approximate surface area is 277 Å². The second kappa shape index (κ2) is 13.3. The van der Waals surface area contributed by atoms with Crippen LogP contribution in [0.1, 0.15) is 111 Å². The van der Waals surface area contributed by atoms with Gasteiger partial charge in [0, 0.05) is 62.7 Å². The Bertz CT molecular complexity index is 1530. The summed E-state index contributed by atoms with van der Waals surface area (Å²) in [4.78, 5) is 23.5. The van der Waals surface area contributed by atoms with Gasteiger partial charge in [0.05, 0.1) is 11.4 Å². The zero-order chi connectivity index (χ0) is 36.1. The molecule has 0 unspecified atom stereocenters. The summed E-state index contributed by atoms with van der Waals surface area (Å²) >= 11 is 0. The van der Waals surface area contributed by atoms with Gasteiger partial charge in [0.25, 0.3) is 5.92 Å². The van der Waals surface area contributed by atoms with Gasteiger partial charge in [-0.3, -0.25) is 20.0 Å². The Morgan fingerprint density at radius 1 is 0.816 bits per heavy atom. The van der Waals surface area contributed by atoms with E-state index in [0.717, 1.165) is 30.5 Å². The molecule has 0 atom stereocenters. The predicted octanol–water partition coefficient (Wildman–Crippen LogP) is 8.38. The number of hydrogen-bond donors (Lipinski definition) is 2. The van der Waals surface area contributed by atoms with E-state index in [9.17, 15) is 44.7 Å². The molecule has 4 fully saturated rings. The fraction of sp³-hybridized carbons (Fsp3) is 0.742. The Hall–Kier alpha value is -3.60. The molecule has 2 N–H and O–H groups in total. The average molecular weight is 713 g/mol. The lowest BCUT2D eigenvalue weighted by Crippen LogP contribution is -2.43. The summed E-state index contributed by atoms with van der Waals surface area (Å²) in [5, 5.41) is 13.5. The number of aromatic nitrogens is 4. The largest absolute Gasteiger partial charge is 0.445 e. The smallest absolute Gasteiger partial charge is 0.422 e. The molecule has 0 aromatic carbocycles. The van der Waals surface area contributed by atoms with Crippen LogP contribution < -0.4 is 10.6 Å². The molecular formula is C31H40F8N6O4. The standard InChI is InChI=1S/C17H23F4N3O2.C14H17F4N3O2/c1-3-16(18)7-11(8-16)13-12(10-5-4-6-10)14(24(2)23-13)22-15(25)26-9-17(19,20)21;1-7-10(8-3-13(15,16)4-8)20-21(2)11(7)19-12(22)23-9-5-14(17,18)6-9/h10-11H,3-9H2,1-2H3,(H,22,25);8-9H,3-6H2,1-2H3,(H,19,22). The van der Waals surface area contributed by atoms with Crippen LogP contribution in [0, 0.1) is 6.92 Å². The van der Waals surface area contributed by atoms with Crippen molar-refractivity contribution in [2.24, 2.45) is 14.1 Å². The highest BCUT2D eigenvalue weighted by Gasteiger charge is 2.49. The van der Waals surface area contributed by atoms with E-state index in [1.165, 1.54) is 9.36 Å². The first-order valence-electron chi connectivity index (χ1n) is 16.2. The van der Waals surface area contributed by atoms with Gasteiger partial charge >= 0.3 is 18.4 Å². The summed E-state index contributed by atoms with van der Waals surface area (Å²) in [5.41, 5.74) is 1.52. The van der Waals surface area contributed by atoms with Crippen molar-refractivity contribution in [2.45, 2.75) is 126 Å². The van der Waals surface area contributed by atoms with Gasteiger partial charge in [0.15, 0.2) is 6.61 Å². The molecule has 4 aliphatic rings. The molecule has 0 saturated heterocycles. The minimum Gasteiger partial charge on any atom is -0.445 e. The lowest BCUT2D eigenvalue weighted by atomic mass is 9.67. The molecule has 0 aliphatic heterocycles. The lowest BCUT2D eigenvalue weighted by molar-refractivity contribution is -0.159. The van der Waals surface area contributed by atoms with E-state index >= 15 is 0 Å². The third-order valence-corrected chi connectivity index (χ3v) is 9.80. The van der Waals surface area contributed by atoms with Crippen molar-refractivity contribution < 1.29 is 54.2 Å². The van der Waals surface area contributed by atoms with Crippen LogP contribution in [0.5, 0.6) is 0 Å². The van der Waals surface area contributed by atoms with E-state index in [1.807, 2.05) is 6.92 Å². The van der Waals surface area contributed by atoms with Gasteiger partial charge in [-0.2, -0.15) is 23.4 Å². The summed E-state index contributed by atoms with van der Waals surface area (Å²) in [6, 6.07) is 0. The van der Waals surface area contributed by atoms with Crippen molar-refractivity contribution in [3.63, 3.8) is 0 Å². The number of hydrogen-bond acceptors (Lipinski definition) is 6. The number of rotatable bonds is 8. The number of aryl methyl sites for hydroxylation is 2. The Balaban J connectivity index is 0.000000192. The Morgan fingerprint density at radius 3 is 1.86 bits per heavy atom. The number of carbonyl (C=O) groups excluding carboxylic acids is 2. The van der Waals surface area contributed by atoms with Crippen LogP contribution in [0.25, 0.3) is 0 Å². The third kappa shape index (κ3) is 8.41. The first kappa shape index (κ1) is 36.7. The van der Waals surface area contributed by atoms with E-state index in [1.54, 1.807) is 21.0 Å². The summed E-state index contributed by atoms with van der Waals surface area (Å²) < 4.78 is 114. The number of ether oxygens (including phenoxy) is 2.